The lowest BCUT2D eigenvalue weighted by molar-refractivity contribution is -0.132. The van der Waals surface area contributed by atoms with Crippen LogP contribution in [0.1, 0.15) is 31.7 Å². The minimum absolute atomic E-state index is 0.0419. The largest absolute Gasteiger partial charge is 0.353 e. The molecule has 0 bridgehead atoms. The second-order valence-corrected chi connectivity index (χ2v) is 7.84. The van der Waals surface area contributed by atoms with E-state index in [1.54, 1.807) is 18.0 Å². The van der Waals surface area contributed by atoms with Crippen LogP contribution < -0.4 is 5.32 Å². The van der Waals surface area contributed by atoms with Crippen LogP contribution in [-0.2, 0) is 16.0 Å². The minimum Gasteiger partial charge on any atom is -0.353 e. The van der Waals surface area contributed by atoms with Gasteiger partial charge < -0.3 is 10.2 Å². The predicted octanol–water partition coefficient (Wildman–Crippen LogP) is 2.81. The van der Waals surface area contributed by atoms with E-state index in [0.29, 0.717) is 32.0 Å². The Kier molecular flexibility index (Phi) is 4.68. The summed E-state index contributed by atoms with van der Waals surface area (Å²) in [7, 11) is 0. The van der Waals surface area contributed by atoms with Crippen molar-refractivity contribution in [2.24, 2.45) is 5.41 Å². The third-order valence-electron chi connectivity index (χ3n) is 5.66. The van der Waals surface area contributed by atoms with Crippen molar-refractivity contribution >= 4 is 11.8 Å². The predicted molar refractivity (Wildman–Crippen MR) is 104 cm³/mol. The molecule has 2 aliphatic rings. The first-order chi connectivity index (χ1) is 13.1. The fourth-order valence-electron chi connectivity index (χ4n) is 3.90. The molecule has 0 radical (unpaired) electrons. The van der Waals surface area contributed by atoms with Gasteiger partial charge in [-0.2, -0.15) is 0 Å². The lowest BCUT2D eigenvalue weighted by Crippen LogP contribution is -2.45. The van der Waals surface area contributed by atoms with Gasteiger partial charge in [0.25, 0.3) is 0 Å². The van der Waals surface area contributed by atoms with Crippen molar-refractivity contribution in [3.63, 3.8) is 0 Å². The summed E-state index contributed by atoms with van der Waals surface area (Å²) in [5, 5.41) is 3.18. The molecule has 1 atom stereocenters. The van der Waals surface area contributed by atoms with Crippen LogP contribution in [0.15, 0.2) is 48.8 Å². The smallest absolute Gasteiger partial charge is 0.228 e. The minimum atomic E-state index is -0.540. The number of nitrogens with zero attached hydrogens (tertiary/aromatic N) is 2. The number of hydrogen-bond acceptors (Lipinski definition) is 3. The molecule has 2 fully saturated rings. The number of carbonyl (C=O) groups is 2. The Morgan fingerprint density at radius 2 is 2.04 bits per heavy atom. The van der Waals surface area contributed by atoms with Crippen LogP contribution in [0.3, 0.4) is 0 Å². The number of nitrogens with one attached hydrogen (secondary N) is 1. The van der Waals surface area contributed by atoms with Gasteiger partial charge in [0, 0.05) is 38.4 Å². The van der Waals surface area contributed by atoms with Gasteiger partial charge in [-0.1, -0.05) is 30.3 Å². The monoisotopic (exact) mass is 363 g/mol. The van der Waals surface area contributed by atoms with Crippen LogP contribution >= 0.6 is 0 Å². The van der Waals surface area contributed by atoms with Crippen molar-refractivity contribution in [1.29, 1.82) is 0 Å². The Morgan fingerprint density at radius 1 is 1.22 bits per heavy atom. The summed E-state index contributed by atoms with van der Waals surface area (Å²) in [4.78, 5) is 31.0. The molecule has 1 aromatic heterocycles. The maximum absolute atomic E-state index is 13.1. The third kappa shape index (κ3) is 3.87. The molecule has 5 heteroatoms. The molecule has 1 aromatic carbocycles. The molecule has 2 amide bonds. The maximum atomic E-state index is 13.1. The van der Waals surface area contributed by atoms with E-state index in [2.05, 4.69) is 28.5 Å². The van der Waals surface area contributed by atoms with E-state index in [1.165, 1.54) is 0 Å². The van der Waals surface area contributed by atoms with Crippen molar-refractivity contribution in [2.75, 3.05) is 13.1 Å². The summed E-state index contributed by atoms with van der Waals surface area (Å²) in [6, 6.07) is 12.6. The summed E-state index contributed by atoms with van der Waals surface area (Å²) in [6.45, 7) is 2.73. The highest BCUT2D eigenvalue weighted by Crippen LogP contribution is 2.36. The van der Waals surface area contributed by atoms with Crippen molar-refractivity contribution in [1.82, 2.24) is 15.2 Å². The van der Waals surface area contributed by atoms with Gasteiger partial charge in [-0.05, 0) is 48.4 Å². The number of hydrogen-bond donors (Lipinski definition) is 1. The van der Waals surface area contributed by atoms with E-state index < -0.39 is 5.41 Å². The Morgan fingerprint density at radius 3 is 2.70 bits per heavy atom. The molecule has 0 unspecified atom stereocenters. The molecule has 1 aliphatic carbocycles. The average molecular weight is 363 g/mol. The summed E-state index contributed by atoms with van der Waals surface area (Å²) in [5.74, 6) is 0.140. The molecule has 4 rings (SSSR count). The first-order valence-corrected chi connectivity index (χ1v) is 9.62. The summed E-state index contributed by atoms with van der Waals surface area (Å²) < 4.78 is 0. The molecule has 5 nitrogen and oxygen atoms in total. The highest BCUT2D eigenvalue weighted by atomic mass is 16.2. The zero-order chi connectivity index (χ0) is 18.9. The van der Waals surface area contributed by atoms with E-state index in [4.69, 9.17) is 0 Å². The van der Waals surface area contributed by atoms with Gasteiger partial charge in [-0.3, -0.25) is 14.6 Å². The van der Waals surface area contributed by atoms with Crippen LogP contribution in [0.25, 0.3) is 11.1 Å². The van der Waals surface area contributed by atoms with Gasteiger partial charge in [-0.15, -0.1) is 0 Å². The quantitative estimate of drug-likeness (QED) is 0.889. The second kappa shape index (κ2) is 7.14. The number of likely N-dealkylation sites (tertiary alicyclic amines) is 1. The van der Waals surface area contributed by atoms with E-state index in [9.17, 15) is 9.59 Å². The SMILES string of the molecule is CC(=O)N1CC[C@@](Cc2cccc(-c3cccnc3)c2)(C(=O)NC2CC2)C1. The topological polar surface area (TPSA) is 62.3 Å². The van der Waals surface area contributed by atoms with Crippen molar-refractivity contribution in [2.45, 2.75) is 38.6 Å². The lowest BCUT2D eigenvalue weighted by atomic mass is 9.79. The van der Waals surface area contributed by atoms with E-state index in [-0.39, 0.29) is 11.8 Å². The van der Waals surface area contributed by atoms with Crippen molar-refractivity contribution < 1.29 is 9.59 Å². The van der Waals surface area contributed by atoms with Gasteiger partial charge >= 0.3 is 0 Å². The molecule has 140 valence electrons. The highest BCUT2D eigenvalue weighted by Gasteiger charge is 2.46. The molecule has 2 aromatic rings. The Labute approximate surface area is 159 Å². The fraction of sp³-hybridized carbons (Fsp3) is 0.409. The Bertz CT molecular complexity index is 848. The number of benzene rings is 1. The second-order valence-electron chi connectivity index (χ2n) is 7.84. The fourth-order valence-corrected chi connectivity index (χ4v) is 3.90. The van der Waals surface area contributed by atoms with E-state index in [0.717, 1.165) is 29.5 Å². The number of carbonyl (C=O) groups excluding carboxylic acids is 2. The Hall–Kier alpha value is -2.69. The van der Waals surface area contributed by atoms with E-state index >= 15 is 0 Å². The Balaban J connectivity index is 1.60. The van der Waals surface area contributed by atoms with Crippen LogP contribution in [0, 0.1) is 5.41 Å². The van der Waals surface area contributed by atoms with Gasteiger partial charge in [0.1, 0.15) is 0 Å². The first kappa shape index (κ1) is 17.7. The maximum Gasteiger partial charge on any atom is 0.228 e. The molecule has 1 saturated heterocycles. The van der Waals surface area contributed by atoms with Crippen molar-refractivity contribution in [3.05, 3.63) is 54.4 Å². The third-order valence-corrected chi connectivity index (χ3v) is 5.66. The molecule has 1 saturated carbocycles. The molecular weight excluding hydrogens is 338 g/mol. The molecule has 0 spiro atoms. The molecule has 27 heavy (non-hydrogen) atoms. The molecule has 1 aliphatic heterocycles. The van der Waals surface area contributed by atoms with E-state index in [1.807, 2.05) is 24.4 Å². The van der Waals surface area contributed by atoms with Crippen LogP contribution in [0.2, 0.25) is 0 Å². The molecular formula is C22H25N3O2. The number of rotatable bonds is 5. The van der Waals surface area contributed by atoms with Crippen LogP contribution in [0.4, 0.5) is 0 Å². The normalized spacial score (nSPS) is 21.9. The van der Waals surface area contributed by atoms with Gasteiger partial charge in [0.05, 0.1) is 5.41 Å². The molecule has 1 N–H and O–H groups in total. The summed E-state index contributed by atoms with van der Waals surface area (Å²) in [6.07, 6.45) is 7.09. The first-order valence-electron chi connectivity index (χ1n) is 9.62. The summed E-state index contributed by atoms with van der Waals surface area (Å²) >= 11 is 0. The van der Waals surface area contributed by atoms with Gasteiger partial charge in [0.2, 0.25) is 11.8 Å². The van der Waals surface area contributed by atoms with Crippen LogP contribution in [-0.4, -0.2) is 40.8 Å². The zero-order valence-corrected chi connectivity index (χ0v) is 15.6. The van der Waals surface area contributed by atoms with Crippen LogP contribution in [0.5, 0.6) is 0 Å². The molecule has 2 heterocycles. The lowest BCUT2D eigenvalue weighted by Gasteiger charge is -2.28. The van der Waals surface area contributed by atoms with Gasteiger partial charge in [-0.25, -0.2) is 0 Å². The van der Waals surface area contributed by atoms with Crippen molar-refractivity contribution in [3.8, 4) is 11.1 Å². The highest BCUT2D eigenvalue weighted by molar-refractivity contribution is 5.86. The average Bonchev–Trinajstić information content (AvgIpc) is 3.39. The van der Waals surface area contributed by atoms with Gasteiger partial charge in [0.15, 0.2) is 0 Å². The number of aromatic nitrogens is 1. The number of amides is 2. The summed E-state index contributed by atoms with van der Waals surface area (Å²) in [5.41, 5.74) is 2.74. The standard InChI is InChI=1S/C22H25N3O2/c1-16(26)25-11-9-22(15-25,21(27)24-20-7-8-20)13-17-4-2-5-18(12-17)19-6-3-10-23-14-19/h2-6,10,12,14,20H,7-9,11,13,15H2,1H3,(H,24,27)/t22-/m0/s1. The number of pyridine rings is 1. The zero-order valence-electron chi connectivity index (χ0n) is 15.6.